The predicted molar refractivity (Wildman–Crippen MR) is 76.4 cm³/mol. The van der Waals surface area contributed by atoms with Crippen molar-refractivity contribution in [3.05, 3.63) is 35.5 Å². The van der Waals surface area contributed by atoms with Gasteiger partial charge in [0, 0.05) is 30.0 Å². The highest BCUT2D eigenvalue weighted by molar-refractivity contribution is 5.98. The molecular weight excluding hydrogens is 238 g/mol. The van der Waals surface area contributed by atoms with E-state index in [-0.39, 0.29) is 5.91 Å². The van der Waals surface area contributed by atoms with E-state index < -0.39 is 0 Å². The molecule has 1 aromatic heterocycles. The molecule has 1 aliphatic heterocycles. The molecule has 0 unspecified atom stereocenters. The third kappa shape index (κ3) is 2.24. The number of nitrogens with zero attached hydrogens (tertiary/aromatic N) is 1. The molecule has 1 saturated heterocycles. The molecule has 2 N–H and O–H groups in total. The van der Waals surface area contributed by atoms with Crippen molar-refractivity contribution in [3.63, 3.8) is 0 Å². The lowest BCUT2D eigenvalue weighted by Crippen LogP contribution is -2.33. The Labute approximate surface area is 112 Å². The molecule has 1 aromatic carbocycles. The molecule has 1 atom stereocenters. The first-order valence-electron chi connectivity index (χ1n) is 6.73. The van der Waals surface area contributed by atoms with Crippen molar-refractivity contribution in [1.82, 2.24) is 15.2 Å². The van der Waals surface area contributed by atoms with E-state index in [0.717, 1.165) is 30.4 Å². The van der Waals surface area contributed by atoms with Gasteiger partial charge in [-0.1, -0.05) is 12.1 Å². The van der Waals surface area contributed by atoms with Gasteiger partial charge in [-0.25, -0.2) is 0 Å². The molecule has 1 amide bonds. The zero-order valence-corrected chi connectivity index (χ0v) is 11.4. The van der Waals surface area contributed by atoms with Crippen molar-refractivity contribution < 1.29 is 4.79 Å². The normalized spacial score (nSPS) is 19.3. The number of aryl methyl sites for hydroxylation is 1. The van der Waals surface area contributed by atoms with Gasteiger partial charge in [-0.15, -0.1) is 0 Å². The minimum absolute atomic E-state index is 0.103. The van der Waals surface area contributed by atoms with Crippen LogP contribution in [0.25, 0.3) is 10.9 Å². The predicted octanol–water partition coefficient (Wildman–Crippen LogP) is 1.91. The summed E-state index contributed by atoms with van der Waals surface area (Å²) in [5, 5.41) is 4.33. The summed E-state index contributed by atoms with van der Waals surface area (Å²) in [6.07, 6.45) is 1.03. The van der Waals surface area contributed by atoms with Gasteiger partial charge in [-0.2, -0.15) is 0 Å². The largest absolute Gasteiger partial charge is 0.351 e. The first kappa shape index (κ1) is 12.2. The summed E-state index contributed by atoms with van der Waals surface area (Å²) in [6.45, 7) is 3.68. The van der Waals surface area contributed by atoms with Crippen LogP contribution in [0.3, 0.4) is 0 Å². The Bertz CT molecular complexity index is 617. The highest BCUT2D eigenvalue weighted by Gasteiger charge is 2.26. The molecule has 4 nitrogen and oxygen atoms in total. The van der Waals surface area contributed by atoms with Crippen molar-refractivity contribution >= 4 is 16.8 Å². The molecule has 1 fully saturated rings. The van der Waals surface area contributed by atoms with E-state index in [9.17, 15) is 4.79 Å². The summed E-state index contributed by atoms with van der Waals surface area (Å²) < 4.78 is 0. The Kier molecular flexibility index (Phi) is 3.03. The van der Waals surface area contributed by atoms with Crippen molar-refractivity contribution in [1.29, 1.82) is 0 Å². The van der Waals surface area contributed by atoms with E-state index in [1.807, 2.05) is 18.0 Å². The summed E-state index contributed by atoms with van der Waals surface area (Å²) in [7, 11) is 1.95. The van der Waals surface area contributed by atoms with Crippen LogP contribution in [0.5, 0.6) is 0 Å². The zero-order valence-electron chi connectivity index (χ0n) is 11.4. The van der Waals surface area contributed by atoms with Crippen LogP contribution >= 0.6 is 0 Å². The average Bonchev–Trinajstić information content (AvgIpc) is 3.03. The van der Waals surface area contributed by atoms with Crippen molar-refractivity contribution in [3.8, 4) is 0 Å². The summed E-state index contributed by atoms with van der Waals surface area (Å²) >= 11 is 0. The monoisotopic (exact) mass is 257 g/mol. The van der Waals surface area contributed by atoms with Gasteiger partial charge in [0.15, 0.2) is 0 Å². The molecule has 2 heterocycles. The first-order chi connectivity index (χ1) is 9.17. The molecule has 19 heavy (non-hydrogen) atoms. The molecule has 100 valence electrons. The second-order valence-electron chi connectivity index (χ2n) is 5.30. The maximum atomic E-state index is 12.4. The van der Waals surface area contributed by atoms with E-state index in [4.69, 9.17) is 0 Å². The van der Waals surface area contributed by atoms with Crippen LogP contribution in [-0.2, 0) is 0 Å². The minimum atomic E-state index is 0.103. The van der Waals surface area contributed by atoms with Crippen molar-refractivity contribution in [2.45, 2.75) is 19.4 Å². The molecule has 4 heteroatoms. The summed E-state index contributed by atoms with van der Waals surface area (Å²) in [5.74, 6) is 0.103. The van der Waals surface area contributed by atoms with Crippen LogP contribution in [0.1, 0.15) is 22.5 Å². The van der Waals surface area contributed by atoms with Gasteiger partial charge >= 0.3 is 0 Å². The summed E-state index contributed by atoms with van der Waals surface area (Å²) in [5.41, 5.74) is 2.93. The van der Waals surface area contributed by atoms with Crippen molar-refractivity contribution in [2.24, 2.45) is 0 Å². The van der Waals surface area contributed by atoms with Crippen LogP contribution in [0.4, 0.5) is 0 Å². The number of carbonyl (C=O) groups is 1. The van der Waals surface area contributed by atoms with Crippen LogP contribution in [-0.4, -0.2) is 42.0 Å². The molecule has 0 saturated carbocycles. The number of carbonyl (C=O) groups excluding carboxylic acids is 1. The molecule has 1 aliphatic rings. The Morgan fingerprint density at radius 3 is 3.00 bits per heavy atom. The number of hydrogen-bond acceptors (Lipinski definition) is 2. The molecule has 3 rings (SSSR count). The molecule has 0 aliphatic carbocycles. The van der Waals surface area contributed by atoms with Gasteiger partial charge in [0.05, 0.1) is 0 Å². The van der Waals surface area contributed by atoms with Gasteiger partial charge in [0.25, 0.3) is 5.91 Å². The SMILES string of the molecule is CN[C@@H]1CCN(C(=O)c2cc3ccc(C)cc3[nH]2)C1. The quantitative estimate of drug-likeness (QED) is 0.863. The Hall–Kier alpha value is -1.81. The van der Waals surface area contributed by atoms with Crippen LogP contribution in [0.2, 0.25) is 0 Å². The topological polar surface area (TPSA) is 48.1 Å². The molecule has 0 spiro atoms. The third-order valence-corrected chi connectivity index (χ3v) is 3.89. The Morgan fingerprint density at radius 2 is 2.26 bits per heavy atom. The number of benzene rings is 1. The lowest BCUT2D eigenvalue weighted by atomic mass is 10.2. The van der Waals surface area contributed by atoms with E-state index in [0.29, 0.717) is 11.7 Å². The van der Waals surface area contributed by atoms with E-state index in [2.05, 4.69) is 35.4 Å². The number of hydrogen-bond donors (Lipinski definition) is 2. The molecule has 0 bridgehead atoms. The highest BCUT2D eigenvalue weighted by atomic mass is 16.2. The van der Waals surface area contributed by atoms with Gasteiger partial charge in [-0.3, -0.25) is 4.79 Å². The Balaban J connectivity index is 1.86. The van der Waals surface area contributed by atoms with E-state index in [1.165, 1.54) is 5.56 Å². The summed E-state index contributed by atoms with van der Waals surface area (Å²) in [6, 6.07) is 8.57. The van der Waals surface area contributed by atoms with Crippen LogP contribution in [0.15, 0.2) is 24.3 Å². The summed E-state index contributed by atoms with van der Waals surface area (Å²) in [4.78, 5) is 17.6. The molecule has 2 aromatic rings. The fourth-order valence-corrected chi connectivity index (χ4v) is 2.71. The van der Waals surface area contributed by atoms with E-state index >= 15 is 0 Å². The van der Waals surface area contributed by atoms with Gasteiger partial charge in [-0.05, 0) is 38.1 Å². The second kappa shape index (κ2) is 4.70. The number of likely N-dealkylation sites (tertiary alicyclic amines) is 1. The minimum Gasteiger partial charge on any atom is -0.351 e. The van der Waals surface area contributed by atoms with E-state index in [1.54, 1.807) is 0 Å². The first-order valence-corrected chi connectivity index (χ1v) is 6.73. The fourth-order valence-electron chi connectivity index (χ4n) is 2.71. The standard InChI is InChI=1S/C15H19N3O/c1-10-3-4-11-8-14(17-13(11)7-10)15(19)18-6-5-12(9-18)16-2/h3-4,7-8,12,16-17H,5-6,9H2,1-2H3/t12-/m1/s1. The maximum Gasteiger partial charge on any atom is 0.270 e. The lowest BCUT2D eigenvalue weighted by Gasteiger charge is -2.15. The molecular formula is C15H19N3O. The number of nitrogens with one attached hydrogen (secondary N) is 2. The number of aromatic nitrogens is 1. The zero-order chi connectivity index (χ0) is 13.4. The number of H-pyrrole nitrogens is 1. The fraction of sp³-hybridized carbons (Fsp3) is 0.400. The number of fused-ring (bicyclic) bond motifs is 1. The lowest BCUT2D eigenvalue weighted by molar-refractivity contribution is 0.0785. The average molecular weight is 257 g/mol. The van der Waals surface area contributed by atoms with Crippen molar-refractivity contribution in [2.75, 3.05) is 20.1 Å². The smallest absolute Gasteiger partial charge is 0.270 e. The number of rotatable bonds is 2. The van der Waals surface area contributed by atoms with Gasteiger partial charge < -0.3 is 15.2 Å². The maximum absolute atomic E-state index is 12.4. The number of aromatic amines is 1. The van der Waals surface area contributed by atoms with Gasteiger partial charge in [0.1, 0.15) is 5.69 Å². The third-order valence-electron chi connectivity index (χ3n) is 3.89. The van der Waals surface area contributed by atoms with Crippen LogP contribution < -0.4 is 5.32 Å². The van der Waals surface area contributed by atoms with Crippen LogP contribution in [0, 0.1) is 6.92 Å². The molecule has 0 radical (unpaired) electrons. The highest BCUT2D eigenvalue weighted by Crippen LogP contribution is 2.19. The number of amides is 1. The second-order valence-corrected chi connectivity index (χ2v) is 5.30. The number of likely N-dealkylation sites (N-methyl/N-ethyl adjacent to an activating group) is 1. The van der Waals surface area contributed by atoms with Gasteiger partial charge in [0.2, 0.25) is 0 Å². The Morgan fingerprint density at radius 1 is 1.42 bits per heavy atom.